The van der Waals surface area contributed by atoms with E-state index in [0.29, 0.717) is 19.3 Å². The fourth-order valence-corrected chi connectivity index (χ4v) is 8.92. The van der Waals surface area contributed by atoms with Gasteiger partial charge in [-0.05, 0) is 89.9 Å². The fourth-order valence-electron chi connectivity index (χ4n) is 8.92. The van der Waals surface area contributed by atoms with Crippen LogP contribution in [0.2, 0.25) is 0 Å². The van der Waals surface area contributed by atoms with Crippen molar-refractivity contribution in [3.8, 4) is 0 Å². The molecule has 6 nitrogen and oxygen atoms in total. The summed E-state index contributed by atoms with van der Waals surface area (Å²) in [7, 11) is 0. The van der Waals surface area contributed by atoms with Gasteiger partial charge in [0.1, 0.15) is 13.2 Å². The summed E-state index contributed by atoms with van der Waals surface area (Å²) in [6.07, 6.45) is 82.0. The number of ether oxygens (including phenoxy) is 3. The van der Waals surface area contributed by atoms with Gasteiger partial charge in [-0.1, -0.05) is 286 Å². The third-order valence-electron chi connectivity index (χ3n) is 13.6. The van der Waals surface area contributed by atoms with E-state index in [1.54, 1.807) is 0 Å². The van der Waals surface area contributed by atoms with Crippen molar-refractivity contribution in [3.05, 3.63) is 85.1 Å². The number of carbonyl (C=O) groups is 3. The normalized spacial score (nSPS) is 12.6. The first-order valence-corrected chi connectivity index (χ1v) is 31.6. The molecule has 0 aromatic carbocycles. The zero-order valence-electron chi connectivity index (χ0n) is 48.8. The number of esters is 3. The second kappa shape index (κ2) is 62.1. The van der Waals surface area contributed by atoms with Gasteiger partial charge in [0, 0.05) is 19.3 Å². The molecule has 0 rings (SSSR count). The minimum atomic E-state index is -0.803. The second-order valence-corrected chi connectivity index (χ2v) is 20.9. The van der Waals surface area contributed by atoms with E-state index in [-0.39, 0.29) is 37.5 Å². The maximum absolute atomic E-state index is 12.8. The van der Waals surface area contributed by atoms with Crippen molar-refractivity contribution in [1.29, 1.82) is 0 Å². The quantitative estimate of drug-likeness (QED) is 0.0261. The summed E-state index contributed by atoms with van der Waals surface area (Å²) in [4.78, 5) is 38.0. The van der Waals surface area contributed by atoms with Gasteiger partial charge in [0.2, 0.25) is 0 Å². The topological polar surface area (TPSA) is 78.9 Å². The van der Waals surface area contributed by atoms with Crippen LogP contribution >= 0.6 is 0 Å². The minimum Gasteiger partial charge on any atom is -0.462 e. The Bertz CT molecular complexity index is 1420. The number of unbranched alkanes of at least 4 members (excludes halogenated alkanes) is 32. The van der Waals surface area contributed by atoms with Gasteiger partial charge in [-0.15, -0.1) is 0 Å². The van der Waals surface area contributed by atoms with Crippen molar-refractivity contribution in [2.24, 2.45) is 0 Å². The van der Waals surface area contributed by atoms with Gasteiger partial charge >= 0.3 is 17.9 Å². The van der Waals surface area contributed by atoms with Gasteiger partial charge < -0.3 is 14.2 Å². The molecule has 0 aromatic rings. The molecule has 0 aromatic heterocycles. The summed E-state index contributed by atoms with van der Waals surface area (Å²) in [6.45, 7) is 6.46. The van der Waals surface area contributed by atoms with Crippen molar-refractivity contribution in [1.82, 2.24) is 0 Å². The van der Waals surface area contributed by atoms with E-state index < -0.39 is 6.10 Å². The van der Waals surface area contributed by atoms with Crippen molar-refractivity contribution < 1.29 is 28.6 Å². The highest BCUT2D eigenvalue weighted by Crippen LogP contribution is 2.17. The third-order valence-corrected chi connectivity index (χ3v) is 13.6. The summed E-state index contributed by atoms with van der Waals surface area (Å²) in [5.74, 6) is -0.950. The van der Waals surface area contributed by atoms with Crippen LogP contribution in [0, 0.1) is 0 Å². The predicted octanol–water partition coefficient (Wildman–Crippen LogP) is 21.5. The van der Waals surface area contributed by atoms with Gasteiger partial charge in [0.05, 0.1) is 0 Å². The summed E-state index contributed by atoms with van der Waals surface area (Å²) in [5, 5.41) is 0. The second-order valence-electron chi connectivity index (χ2n) is 20.9. The largest absolute Gasteiger partial charge is 0.462 e. The molecule has 0 N–H and O–H groups in total. The molecule has 0 spiro atoms. The van der Waals surface area contributed by atoms with Crippen LogP contribution < -0.4 is 0 Å². The average molecular weight is 1030 g/mol. The van der Waals surface area contributed by atoms with Gasteiger partial charge in [0.15, 0.2) is 6.10 Å². The van der Waals surface area contributed by atoms with Crippen LogP contribution in [0.3, 0.4) is 0 Å². The zero-order chi connectivity index (χ0) is 53.6. The van der Waals surface area contributed by atoms with Gasteiger partial charge in [-0.2, -0.15) is 0 Å². The smallest absolute Gasteiger partial charge is 0.306 e. The van der Waals surface area contributed by atoms with Crippen molar-refractivity contribution in [3.63, 3.8) is 0 Å². The Morgan fingerprint density at radius 2 is 0.541 bits per heavy atom. The van der Waals surface area contributed by atoms with Gasteiger partial charge in [-0.25, -0.2) is 0 Å². The highest BCUT2D eigenvalue weighted by molar-refractivity contribution is 5.71. The lowest BCUT2D eigenvalue weighted by Gasteiger charge is -2.18. The Morgan fingerprint density at radius 1 is 0.284 bits per heavy atom. The molecule has 0 fully saturated rings. The Morgan fingerprint density at radius 3 is 0.865 bits per heavy atom. The van der Waals surface area contributed by atoms with E-state index in [1.807, 2.05) is 0 Å². The lowest BCUT2D eigenvalue weighted by molar-refractivity contribution is -0.167. The summed E-state index contributed by atoms with van der Waals surface area (Å²) in [6, 6.07) is 0. The number of hydrogen-bond donors (Lipinski definition) is 0. The molecule has 1 atom stereocenters. The molecule has 0 bridgehead atoms. The first-order valence-electron chi connectivity index (χ1n) is 31.6. The number of hydrogen-bond acceptors (Lipinski definition) is 6. The monoisotopic (exact) mass is 1030 g/mol. The summed E-state index contributed by atoms with van der Waals surface area (Å²) < 4.78 is 16.8. The Hall–Kier alpha value is -3.41. The zero-order valence-corrected chi connectivity index (χ0v) is 48.8. The molecule has 74 heavy (non-hydrogen) atoms. The van der Waals surface area contributed by atoms with Gasteiger partial charge in [0.25, 0.3) is 0 Å². The first kappa shape index (κ1) is 70.6. The van der Waals surface area contributed by atoms with Gasteiger partial charge in [-0.3, -0.25) is 14.4 Å². The molecule has 0 aliphatic rings. The van der Waals surface area contributed by atoms with Crippen LogP contribution in [0.4, 0.5) is 0 Å². The van der Waals surface area contributed by atoms with Crippen LogP contribution in [-0.4, -0.2) is 37.2 Å². The molecule has 0 saturated heterocycles. The fraction of sp³-hybridized carbons (Fsp3) is 0.750. The third kappa shape index (κ3) is 59.5. The highest BCUT2D eigenvalue weighted by atomic mass is 16.6. The molecule has 6 heteroatoms. The van der Waals surface area contributed by atoms with E-state index in [2.05, 4.69) is 106 Å². The molecule has 0 heterocycles. The predicted molar refractivity (Wildman–Crippen MR) is 321 cm³/mol. The molecule has 0 amide bonds. The molecule has 0 saturated carbocycles. The molecule has 426 valence electrons. The first-order chi connectivity index (χ1) is 36.5. The molecular weight excluding hydrogens is 913 g/mol. The minimum absolute atomic E-state index is 0.0960. The Balaban J connectivity index is 4.11. The van der Waals surface area contributed by atoms with Crippen LogP contribution in [0.25, 0.3) is 0 Å². The molecule has 0 aliphatic carbocycles. The average Bonchev–Trinajstić information content (AvgIpc) is 3.40. The van der Waals surface area contributed by atoms with E-state index >= 15 is 0 Å². The van der Waals surface area contributed by atoms with E-state index in [1.165, 1.54) is 180 Å². The molecule has 1 unspecified atom stereocenters. The molecule has 0 radical (unpaired) electrons. The van der Waals surface area contributed by atoms with Crippen molar-refractivity contribution >= 4 is 17.9 Å². The van der Waals surface area contributed by atoms with Crippen LogP contribution in [0.15, 0.2) is 85.1 Å². The molecule has 0 aliphatic heterocycles. The van der Waals surface area contributed by atoms with E-state index in [0.717, 1.165) is 83.5 Å². The van der Waals surface area contributed by atoms with Crippen LogP contribution in [0.1, 0.15) is 310 Å². The number of rotatable bonds is 57. The Labute approximate surface area is 458 Å². The van der Waals surface area contributed by atoms with E-state index in [4.69, 9.17) is 14.2 Å². The van der Waals surface area contributed by atoms with E-state index in [9.17, 15) is 14.4 Å². The van der Waals surface area contributed by atoms with Crippen molar-refractivity contribution in [2.75, 3.05) is 13.2 Å². The van der Waals surface area contributed by atoms with Crippen LogP contribution in [0.5, 0.6) is 0 Å². The lowest BCUT2D eigenvalue weighted by Crippen LogP contribution is -2.30. The standard InChI is InChI=1S/C68H118O6/c1-4-7-10-13-16-19-21-23-25-27-28-29-30-31-32-33-34-35-36-37-38-39-40-42-43-45-47-49-52-55-58-61-67(70)73-64-65(63-72-66(69)60-57-54-51-18-15-12-9-6-3)74-68(71)62-59-56-53-50-48-46-44-41-26-24-22-20-17-14-11-8-5-2/h8,11,17,20-21,23-24,26-28,44,46,50,53,65H,4-7,9-10,12-16,18-19,22,25,29-43,45,47-49,51-52,54-64H2,1-3H3/b11-8-,20-17-,23-21-,26-24-,28-27-,46-44-,53-50-. The lowest BCUT2D eigenvalue weighted by atomic mass is 10.0. The van der Waals surface area contributed by atoms with Crippen molar-refractivity contribution in [2.45, 2.75) is 316 Å². The maximum Gasteiger partial charge on any atom is 0.306 e. The number of carbonyl (C=O) groups excluding carboxylic acids is 3. The summed E-state index contributed by atoms with van der Waals surface area (Å²) >= 11 is 0. The molecular formula is C68H118O6. The van der Waals surface area contributed by atoms with Crippen LogP contribution in [-0.2, 0) is 28.6 Å². The summed E-state index contributed by atoms with van der Waals surface area (Å²) in [5.41, 5.74) is 0. The Kier molecular flexibility index (Phi) is 59.3. The highest BCUT2D eigenvalue weighted by Gasteiger charge is 2.19. The SMILES string of the molecule is CC/C=C\C/C=C\C/C=C\C/C=C\C/C=C\CCCC(=O)OC(COC(=O)CCCCCCCCCC)COC(=O)CCCCCCCCCCCCCCCCCCCCC/C=C\C/C=C\CCCCCCC. The number of allylic oxidation sites excluding steroid dienone is 14. The maximum atomic E-state index is 12.8.